The molecule has 2 N–H and O–H groups in total. The van der Waals surface area contributed by atoms with Crippen LogP contribution in [0.15, 0.2) is 47.6 Å². The van der Waals surface area contributed by atoms with E-state index in [2.05, 4.69) is 51.7 Å². The highest BCUT2D eigenvalue weighted by Crippen LogP contribution is 2.59. The molecule has 30 heavy (non-hydrogen) atoms. The first-order chi connectivity index (χ1) is 14.0. The van der Waals surface area contributed by atoms with E-state index in [1.165, 1.54) is 43.3 Å². The molecule has 0 aromatic rings. The molecule has 3 rings (SSSR count). The number of rotatable bonds is 5. The van der Waals surface area contributed by atoms with Gasteiger partial charge in [0.05, 0.1) is 11.7 Å². The molecule has 2 nitrogen and oxygen atoms in total. The van der Waals surface area contributed by atoms with Crippen LogP contribution in [0.5, 0.6) is 0 Å². The molecule has 0 spiro atoms. The van der Waals surface area contributed by atoms with Crippen molar-refractivity contribution < 1.29 is 10.2 Å². The van der Waals surface area contributed by atoms with Crippen LogP contribution in [0.3, 0.4) is 0 Å². The van der Waals surface area contributed by atoms with Crippen molar-refractivity contribution in [1.82, 2.24) is 0 Å². The Balaban J connectivity index is 1.75. The molecule has 3 saturated carbocycles. The summed E-state index contributed by atoms with van der Waals surface area (Å²) in [4.78, 5) is 0. The van der Waals surface area contributed by atoms with Crippen LogP contribution in [-0.4, -0.2) is 21.9 Å². The average molecular weight is 413 g/mol. The summed E-state index contributed by atoms with van der Waals surface area (Å²) in [6, 6.07) is 0. The van der Waals surface area contributed by atoms with Gasteiger partial charge in [0.1, 0.15) is 0 Å². The van der Waals surface area contributed by atoms with Crippen molar-refractivity contribution in [3.63, 3.8) is 0 Å². The maximum absolute atomic E-state index is 10.3. The Bertz CT molecular complexity index is 719. The molecule has 0 heterocycles. The van der Waals surface area contributed by atoms with E-state index >= 15 is 0 Å². The third kappa shape index (κ3) is 5.02. The van der Waals surface area contributed by atoms with Gasteiger partial charge in [-0.15, -0.1) is 0 Å². The molecule has 3 fully saturated rings. The Morgan fingerprint density at radius 3 is 2.53 bits per heavy atom. The van der Waals surface area contributed by atoms with Crippen molar-refractivity contribution >= 4 is 0 Å². The van der Waals surface area contributed by atoms with Crippen LogP contribution in [0.25, 0.3) is 0 Å². The summed E-state index contributed by atoms with van der Waals surface area (Å²) in [6.45, 7) is 15.0. The van der Waals surface area contributed by atoms with E-state index in [4.69, 9.17) is 0 Å². The lowest BCUT2D eigenvalue weighted by Crippen LogP contribution is -2.35. The minimum Gasteiger partial charge on any atom is -0.393 e. The van der Waals surface area contributed by atoms with E-state index < -0.39 is 5.60 Å². The number of fused-ring (bicyclic) bond motifs is 1. The maximum atomic E-state index is 10.3. The van der Waals surface area contributed by atoms with Gasteiger partial charge in [0.25, 0.3) is 0 Å². The molecule has 0 saturated heterocycles. The lowest BCUT2D eigenvalue weighted by molar-refractivity contribution is 0.0436. The molecule has 3 aliphatic rings. The second-order valence-electron chi connectivity index (χ2n) is 11.2. The second kappa shape index (κ2) is 9.17. The molecule has 0 unspecified atom stereocenters. The second-order valence-corrected chi connectivity index (χ2v) is 11.2. The fraction of sp³-hybridized carbons (Fsp3) is 0.714. The normalized spacial score (nSPS) is 37.7. The number of hydrogen-bond donors (Lipinski definition) is 2. The first kappa shape index (κ1) is 23.5. The molecule has 0 bridgehead atoms. The Labute approximate surface area is 184 Å². The van der Waals surface area contributed by atoms with Crippen LogP contribution >= 0.6 is 0 Å². The molecular formula is C28H44O2. The van der Waals surface area contributed by atoms with E-state index in [-0.39, 0.29) is 12.0 Å². The largest absolute Gasteiger partial charge is 0.393 e. The van der Waals surface area contributed by atoms with Crippen LogP contribution in [0, 0.1) is 29.1 Å². The molecule has 168 valence electrons. The van der Waals surface area contributed by atoms with E-state index in [0.29, 0.717) is 23.2 Å². The predicted octanol–water partition coefficient (Wildman–Crippen LogP) is 6.76. The molecule has 0 radical (unpaired) electrons. The number of aliphatic hydroxyl groups is 2. The van der Waals surface area contributed by atoms with E-state index in [0.717, 1.165) is 19.3 Å². The van der Waals surface area contributed by atoms with Crippen LogP contribution in [-0.2, 0) is 0 Å². The van der Waals surface area contributed by atoms with Gasteiger partial charge < -0.3 is 10.2 Å². The third-order valence-electron chi connectivity index (χ3n) is 8.68. The van der Waals surface area contributed by atoms with Crippen molar-refractivity contribution in [2.45, 2.75) is 97.7 Å². The summed E-state index contributed by atoms with van der Waals surface area (Å²) in [7, 11) is 0. The van der Waals surface area contributed by atoms with Crippen LogP contribution in [0.2, 0.25) is 0 Å². The summed E-state index contributed by atoms with van der Waals surface area (Å²) in [5, 5.41) is 20.3. The van der Waals surface area contributed by atoms with Crippen LogP contribution < -0.4 is 0 Å². The highest BCUT2D eigenvalue weighted by atomic mass is 16.3. The topological polar surface area (TPSA) is 40.5 Å². The average Bonchev–Trinajstić information content (AvgIpc) is 3.03. The van der Waals surface area contributed by atoms with E-state index in [9.17, 15) is 10.2 Å². The first-order valence-electron chi connectivity index (χ1n) is 12.2. The van der Waals surface area contributed by atoms with Gasteiger partial charge in [-0.1, -0.05) is 62.8 Å². The van der Waals surface area contributed by atoms with E-state index in [1.54, 1.807) is 5.57 Å². The van der Waals surface area contributed by atoms with Gasteiger partial charge in [0, 0.05) is 5.92 Å². The summed E-state index contributed by atoms with van der Waals surface area (Å²) in [6.07, 6.45) is 18.0. The quantitative estimate of drug-likeness (QED) is 0.490. The number of allylic oxidation sites excluding steroid dienone is 5. The summed E-state index contributed by atoms with van der Waals surface area (Å²) in [5.74, 6) is 2.08. The molecule has 3 aliphatic carbocycles. The molecule has 0 aromatic heterocycles. The lowest BCUT2D eigenvalue weighted by atomic mass is 9.61. The number of aliphatic hydroxyl groups excluding tert-OH is 1. The Morgan fingerprint density at radius 1 is 1.10 bits per heavy atom. The van der Waals surface area contributed by atoms with E-state index in [1.807, 2.05) is 13.8 Å². The predicted molar refractivity (Wildman–Crippen MR) is 127 cm³/mol. The van der Waals surface area contributed by atoms with Crippen molar-refractivity contribution in [3.8, 4) is 0 Å². The van der Waals surface area contributed by atoms with Crippen LogP contribution in [0.1, 0.15) is 86.0 Å². The van der Waals surface area contributed by atoms with Gasteiger partial charge in [-0.25, -0.2) is 0 Å². The Hall–Kier alpha value is -1.12. The molecule has 2 heteroatoms. The highest BCUT2D eigenvalue weighted by molar-refractivity contribution is 5.36. The van der Waals surface area contributed by atoms with Crippen LogP contribution in [0.4, 0.5) is 0 Å². The minimum atomic E-state index is -0.663. The minimum absolute atomic E-state index is 0.164. The summed E-state index contributed by atoms with van der Waals surface area (Å²) in [5.41, 5.74) is 3.78. The monoisotopic (exact) mass is 412 g/mol. The van der Waals surface area contributed by atoms with Crippen molar-refractivity contribution in [2.75, 3.05) is 0 Å². The molecule has 0 aliphatic heterocycles. The van der Waals surface area contributed by atoms with Gasteiger partial charge in [-0.05, 0) is 94.0 Å². The Kier molecular flexibility index (Phi) is 7.19. The zero-order valence-electron chi connectivity index (χ0n) is 20.0. The number of hydrogen-bond acceptors (Lipinski definition) is 2. The smallest absolute Gasteiger partial charge is 0.0651 e. The SMILES string of the molecule is C=C1CC[C@H](O)C/C1=C/C=C1\CCC[C@]2(C)[C@@H]([C@H](C)/C=C\[C@H](C)C(C)(C)O)CC[C@@H]12. The summed E-state index contributed by atoms with van der Waals surface area (Å²) < 4.78 is 0. The standard InChI is InChI=1S/C28H44O2/c1-19-10-14-24(29)18-23(19)13-12-22-8-7-17-28(6)25(15-16-26(22)28)20(2)9-11-21(3)27(4,5)30/h9,11-13,20-21,24-26,29-30H,1,7-8,10,14-18H2,2-6H3/b11-9-,22-12+,23-13-/t20-,21+,24+,25-,26+,28-/m1/s1. The zero-order valence-corrected chi connectivity index (χ0v) is 20.0. The third-order valence-corrected chi connectivity index (χ3v) is 8.68. The molecule has 6 atom stereocenters. The maximum Gasteiger partial charge on any atom is 0.0651 e. The molecule has 0 aromatic carbocycles. The van der Waals surface area contributed by atoms with Gasteiger partial charge in [-0.2, -0.15) is 0 Å². The van der Waals surface area contributed by atoms with Gasteiger partial charge in [0.15, 0.2) is 0 Å². The first-order valence-corrected chi connectivity index (χ1v) is 12.2. The zero-order chi connectivity index (χ0) is 22.1. The van der Waals surface area contributed by atoms with Gasteiger partial charge in [0.2, 0.25) is 0 Å². The van der Waals surface area contributed by atoms with Crippen molar-refractivity contribution in [2.24, 2.45) is 29.1 Å². The lowest BCUT2D eigenvalue weighted by Gasteiger charge is -2.44. The van der Waals surface area contributed by atoms with Crippen molar-refractivity contribution in [3.05, 3.63) is 47.6 Å². The highest BCUT2D eigenvalue weighted by Gasteiger charge is 2.50. The summed E-state index contributed by atoms with van der Waals surface area (Å²) >= 11 is 0. The van der Waals surface area contributed by atoms with Gasteiger partial charge in [-0.3, -0.25) is 0 Å². The fourth-order valence-corrected chi connectivity index (χ4v) is 6.25. The fourth-order valence-electron chi connectivity index (χ4n) is 6.25. The van der Waals surface area contributed by atoms with Crippen molar-refractivity contribution in [1.29, 1.82) is 0 Å². The molecular weight excluding hydrogens is 368 g/mol. The molecule has 0 amide bonds. The van der Waals surface area contributed by atoms with Gasteiger partial charge >= 0.3 is 0 Å². The Morgan fingerprint density at radius 2 is 1.83 bits per heavy atom.